The average molecular weight is 538 g/mol. The van der Waals surface area contributed by atoms with Crippen molar-refractivity contribution in [3.8, 4) is 51.3 Å². The number of ether oxygens (including phenoxy) is 2. The van der Waals surface area contributed by atoms with Crippen LogP contribution in [0.15, 0.2) is 92.7 Å². The van der Waals surface area contributed by atoms with E-state index in [1.165, 1.54) is 18.3 Å². The summed E-state index contributed by atoms with van der Waals surface area (Å²) in [5.74, 6) is 1.46. The van der Waals surface area contributed by atoms with Crippen LogP contribution in [-0.4, -0.2) is 25.4 Å². The van der Waals surface area contributed by atoms with E-state index in [0.717, 1.165) is 17.7 Å². The molecule has 5 rings (SSSR count). The summed E-state index contributed by atoms with van der Waals surface area (Å²) in [6.45, 7) is 0. The first-order valence-corrected chi connectivity index (χ1v) is 11.9. The van der Waals surface area contributed by atoms with Gasteiger partial charge >= 0.3 is 0 Å². The molecule has 0 amide bonds. The van der Waals surface area contributed by atoms with Crippen molar-refractivity contribution in [3.63, 3.8) is 0 Å². The minimum absolute atomic E-state index is 0.0462. The molecule has 3 aromatic carbocycles. The van der Waals surface area contributed by atoms with Crippen LogP contribution in [0.25, 0.3) is 33.8 Å². The summed E-state index contributed by atoms with van der Waals surface area (Å²) in [5, 5.41) is 21.5. The highest BCUT2D eigenvalue weighted by molar-refractivity contribution is 5.89. The first-order chi connectivity index (χ1) is 19.4. The molecule has 0 fully saturated rings. The van der Waals surface area contributed by atoms with Crippen molar-refractivity contribution in [1.29, 1.82) is 5.26 Å². The zero-order valence-electron chi connectivity index (χ0n) is 21.3. The summed E-state index contributed by atoms with van der Waals surface area (Å²) in [5.41, 5.74) is 1.86. The molecule has 10 heteroatoms. The molecule has 2 heterocycles. The minimum Gasteiger partial charge on any atom is -0.497 e. The third-order valence-corrected chi connectivity index (χ3v) is 6.09. The molecular formula is C30H20FN3O6. The van der Waals surface area contributed by atoms with Crippen LogP contribution in [0.1, 0.15) is 11.3 Å². The van der Waals surface area contributed by atoms with Crippen LogP contribution < -0.4 is 9.47 Å². The molecule has 0 aliphatic carbocycles. The number of nitrogens with zero attached hydrogens (tertiary/aromatic N) is 3. The highest BCUT2D eigenvalue weighted by Crippen LogP contribution is 2.43. The van der Waals surface area contributed by atoms with Crippen LogP contribution in [0, 0.1) is 27.3 Å². The number of rotatable bonds is 8. The van der Waals surface area contributed by atoms with Gasteiger partial charge in [0.2, 0.25) is 5.88 Å². The number of aliphatic imine (C=N–C) groups is 1. The van der Waals surface area contributed by atoms with Crippen molar-refractivity contribution in [1.82, 2.24) is 0 Å². The molecule has 0 unspecified atom stereocenters. The summed E-state index contributed by atoms with van der Waals surface area (Å²) >= 11 is 0. The standard InChI is InChI=1S/C30H20FN3O6/c1-37-21-8-3-18(4-9-21)28-25(16-32)30(40-29(28)19-5-10-22(38-2)11-6-19)33-17-23-12-14-27(39-23)24-13-7-20(31)15-26(24)34(35)36/h3-15,17H,1-2H3. The Morgan fingerprint density at radius 1 is 0.925 bits per heavy atom. The molecule has 0 spiro atoms. The summed E-state index contributed by atoms with van der Waals surface area (Å²) in [4.78, 5) is 15.1. The third-order valence-electron chi connectivity index (χ3n) is 6.09. The molecule has 0 bridgehead atoms. The molecule has 40 heavy (non-hydrogen) atoms. The zero-order chi connectivity index (χ0) is 28.2. The molecule has 5 aromatic rings. The van der Waals surface area contributed by atoms with Crippen LogP contribution in [0.5, 0.6) is 11.5 Å². The number of hydrogen-bond acceptors (Lipinski definition) is 8. The van der Waals surface area contributed by atoms with Gasteiger partial charge in [-0.1, -0.05) is 12.1 Å². The summed E-state index contributed by atoms with van der Waals surface area (Å²) in [6, 6.07) is 22.9. The summed E-state index contributed by atoms with van der Waals surface area (Å²) < 4.78 is 35.9. The highest BCUT2D eigenvalue weighted by Gasteiger charge is 2.23. The van der Waals surface area contributed by atoms with Crippen molar-refractivity contribution in [3.05, 3.63) is 106 Å². The minimum atomic E-state index is -0.731. The van der Waals surface area contributed by atoms with Crippen molar-refractivity contribution in [2.75, 3.05) is 14.2 Å². The molecule has 0 atom stereocenters. The van der Waals surface area contributed by atoms with Gasteiger partial charge in [-0.05, 0) is 66.2 Å². The predicted octanol–water partition coefficient (Wildman–Crippen LogP) is 7.56. The Morgan fingerprint density at radius 2 is 1.57 bits per heavy atom. The quantitative estimate of drug-likeness (QED) is 0.114. The van der Waals surface area contributed by atoms with E-state index in [0.29, 0.717) is 28.4 Å². The number of hydrogen-bond donors (Lipinski definition) is 0. The number of nitro groups is 1. The second kappa shape index (κ2) is 11.0. The number of nitro benzene ring substituents is 1. The number of nitriles is 1. The molecule has 0 aliphatic heterocycles. The van der Waals surface area contributed by atoms with E-state index in [2.05, 4.69) is 11.1 Å². The van der Waals surface area contributed by atoms with Crippen LogP contribution >= 0.6 is 0 Å². The first-order valence-electron chi connectivity index (χ1n) is 11.9. The van der Waals surface area contributed by atoms with E-state index in [9.17, 15) is 19.8 Å². The van der Waals surface area contributed by atoms with Gasteiger partial charge in [-0.2, -0.15) is 5.26 Å². The summed E-state index contributed by atoms with van der Waals surface area (Å²) in [7, 11) is 3.14. The number of benzene rings is 3. The highest BCUT2D eigenvalue weighted by atomic mass is 19.1. The monoisotopic (exact) mass is 537 g/mol. The number of furan rings is 2. The van der Waals surface area contributed by atoms with E-state index >= 15 is 0 Å². The SMILES string of the molecule is COc1ccc(-c2oc(N=Cc3ccc(-c4ccc(F)cc4[N+](=O)[O-])o3)c(C#N)c2-c2ccc(OC)cc2)cc1. The van der Waals surface area contributed by atoms with Crippen LogP contribution in [0.2, 0.25) is 0 Å². The second-order valence-electron chi connectivity index (χ2n) is 8.43. The Morgan fingerprint density at radius 3 is 2.17 bits per heavy atom. The normalized spacial score (nSPS) is 10.9. The topological polar surface area (TPSA) is 124 Å². The van der Waals surface area contributed by atoms with E-state index in [4.69, 9.17) is 18.3 Å². The maximum absolute atomic E-state index is 13.6. The van der Waals surface area contributed by atoms with Crippen molar-refractivity contribution >= 4 is 17.8 Å². The Balaban J connectivity index is 1.57. The van der Waals surface area contributed by atoms with E-state index in [1.54, 1.807) is 44.6 Å². The summed E-state index contributed by atoms with van der Waals surface area (Å²) in [6.07, 6.45) is 1.34. The van der Waals surface area contributed by atoms with Gasteiger partial charge in [-0.25, -0.2) is 9.38 Å². The molecule has 0 aliphatic rings. The average Bonchev–Trinajstić information content (AvgIpc) is 3.60. The van der Waals surface area contributed by atoms with Gasteiger partial charge in [-0.3, -0.25) is 10.1 Å². The maximum atomic E-state index is 13.6. The molecule has 198 valence electrons. The Bertz CT molecular complexity index is 1760. The number of methoxy groups -OCH3 is 2. The van der Waals surface area contributed by atoms with Crippen LogP contribution in [0.3, 0.4) is 0 Å². The van der Waals surface area contributed by atoms with E-state index in [1.807, 2.05) is 24.3 Å². The fourth-order valence-corrected chi connectivity index (χ4v) is 4.15. The molecule has 0 N–H and O–H groups in total. The largest absolute Gasteiger partial charge is 0.497 e. The van der Waals surface area contributed by atoms with Gasteiger partial charge in [0.25, 0.3) is 5.69 Å². The van der Waals surface area contributed by atoms with Gasteiger partial charge in [-0.15, -0.1) is 0 Å². The lowest BCUT2D eigenvalue weighted by atomic mass is 9.98. The molecule has 0 radical (unpaired) electrons. The van der Waals surface area contributed by atoms with Crippen molar-refractivity contribution in [2.45, 2.75) is 0 Å². The third kappa shape index (κ3) is 5.04. The maximum Gasteiger partial charge on any atom is 0.283 e. The van der Waals surface area contributed by atoms with Gasteiger partial charge < -0.3 is 18.3 Å². The number of halogens is 1. The zero-order valence-corrected chi connectivity index (χ0v) is 21.3. The Hall–Kier alpha value is -5.69. The molecule has 9 nitrogen and oxygen atoms in total. The molecule has 0 saturated heterocycles. The van der Waals surface area contributed by atoms with Crippen LogP contribution in [0.4, 0.5) is 16.0 Å². The van der Waals surface area contributed by atoms with Gasteiger partial charge in [0, 0.05) is 11.1 Å². The molecule has 0 saturated carbocycles. The van der Waals surface area contributed by atoms with Crippen molar-refractivity contribution < 1.29 is 27.6 Å². The fourth-order valence-electron chi connectivity index (χ4n) is 4.15. The first kappa shape index (κ1) is 25.9. The lowest BCUT2D eigenvalue weighted by molar-refractivity contribution is -0.384. The molecular weight excluding hydrogens is 517 g/mol. The molecule has 2 aromatic heterocycles. The lowest BCUT2D eigenvalue weighted by Gasteiger charge is -2.06. The fraction of sp³-hybridized carbons (Fsp3) is 0.0667. The van der Waals surface area contributed by atoms with Crippen LogP contribution in [-0.2, 0) is 0 Å². The van der Waals surface area contributed by atoms with Gasteiger partial charge in [0.15, 0.2) is 0 Å². The smallest absolute Gasteiger partial charge is 0.283 e. The lowest BCUT2D eigenvalue weighted by Crippen LogP contribution is -1.92. The van der Waals surface area contributed by atoms with E-state index in [-0.39, 0.29) is 28.5 Å². The van der Waals surface area contributed by atoms with Gasteiger partial charge in [0.1, 0.15) is 46.2 Å². The van der Waals surface area contributed by atoms with Gasteiger partial charge in [0.05, 0.1) is 37.0 Å². The second-order valence-corrected chi connectivity index (χ2v) is 8.43. The van der Waals surface area contributed by atoms with Crippen molar-refractivity contribution in [2.24, 2.45) is 4.99 Å². The van der Waals surface area contributed by atoms with E-state index < -0.39 is 16.4 Å². The Labute approximate surface area is 227 Å². The Kier molecular flexibility index (Phi) is 7.11. The predicted molar refractivity (Wildman–Crippen MR) is 145 cm³/mol.